The first-order chi connectivity index (χ1) is 9.56. The monoisotopic (exact) mass is 280 g/mol. The molecule has 3 rings (SSSR count). The zero-order chi connectivity index (χ0) is 14.3. The van der Waals surface area contributed by atoms with Gasteiger partial charge in [0, 0.05) is 25.0 Å². The van der Waals surface area contributed by atoms with Gasteiger partial charge in [-0.3, -0.25) is 14.4 Å². The highest BCUT2D eigenvalue weighted by Gasteiger charge is 2.50. The van der Waals surface area contributed by atoms with Crippen LogP contribution in [0.15, 0.2) is 0 Å². The van der Waals surface area contributed by atoms with E-state index in [1.165, 1.54) is 0 Å². The van der Waals surface area contributed by atoms with Crippen LogP contribution in [0, 0.1) is 17.8 Å². The predicted molar refractivity (Wildman–Crippen MR) is 69.7 cm³/mol. The van der Waals surface area contributed by atoms with E-state index in [2.05, 4.69) is 5.32 Å². The summed E-state index contributed by atoms with van der Waals surface area (Å²) in [5.74, 6) is -1.31. The minimum atomic E-state index is -0.866. The zero-order valence-corrected chi connectivity index (χ0v) is 11.4. The average Bonchev–Trinajstić information content (AvgIpc) is 3.30. The number of piperidine rings is 1. The Kier molecular flexibility index (Phi) is 3.40. The van der Waals surface area contributed by atoms with Crippen LogP contribution < -0.4 is 5.32 Å². The molecule has 0 aromatic rings. The number of carboxylic acids is 1. The summed E-state index contributed by atoms with van der Waals surface area (Å²) in [7, 11) is 0. The fourth-order valence-corrected chi connectivity index (χ4v) is 2.88. The van der Waals surface area contributed by atoms with Crippen molar-refractivity contribution in [2.45, 2.75) is 38.1 Å². The van der Waals surface area contributed by atoms with E-state index in [-0.39, 0.29) is 29.7 Å². The predicted octanol–water partition coefficient (Wildman–Crippen LogP) is 0.224. The molecule has 0 aromatic heterocycles. The van der Waals surface area contributed by atoms with Crippen molar-refractivity contribution in [3.63, 3.8) is 0 Å². The normalized spacial score (nSPS) is 29.9. The third kappa shape index (κ3) is 2.78. The van der Waals surface area contributed by atoms with E-state index in [1.807, 2.05) is 0 Å². The maximum Gasteiger partial charge on any atom is 0.307 e. The second-order valence-electron chi connectivity index (χ2n) is 6.17. The van der Waals surface area contributed by atoms with Crippen LogP contribution >= 0.6 is 0 Å². The summed E-state index contributed by atoms with van der Waals surface area (Å²) < 4.78 is 0. The molecule has 110 valence electrons. The van der Waals surface area contributed by atoms with Crippen molar-refractivity contribution in [1.29, 1.82) is 0 Å². The van der Waals surface area contributed by atoms with Gasteiger partial charge in [0.15, 0.2) is 0 Å². The number of rotatable bonds is 4. The van der Waals surface area contributed by atoms with Crippen LogP contribution in [0.2, 0.25) is 0 Å². The van der Waals surface area contributed by atoms with Gasteiger partial charge < -0.3 is 15.3 Å². The van der Waals surface area contributed by atoms with Gasteiger partial charge in [-0.25, -0.2) is 0 Å². The molecular weight excluding hydrogens is 260 g/mol. The van der Waals surface area contributed by atoms with E-state index in [0.717, 1.165) is 25.7 Å². The van der Waals surface area contributed by atoms with Crippen molar-refractivity contribution in [2.24, 2.45) is 17.8 Å². The first-order valence-corrected chi connectivity index (χ1v) is 7.38. The molecule has 1 heterocycles. The summed E-state index contributed by atoms with van der Waals surface area (Å²) in [4.78, 5) is 36.3. The second kappa shape index (κ2) is 5.07. The van der Waals surface area contributed by atoms with Crippen LogP contribution in [-0.2, 0) is 14.4 Å². The third-order valence-electron chi connectivity index (χ3n) is 4.53. The highest BCUT2D eigenvalue weighted by molar-refractivity contribution is 5.89. The smallest absolute Gasteiger partial charge is 0.307 e. The Morgan fingerprint density at radius 1 is 1.00 bits per heavy atom. The minimum absolute atomic E-state index is 0.0237. The van der Waals surface area contributed by atoms with Gasteiger partial charge in [0.25, 0.3) is 0 Å². The lowest BCUT2D eigenvalue weighted by molar-refractivity contribution is -0.142. The van der Waals surface area contributed by atoms with Crippen LogP contribution in [0.3, 0.4) is 0 Å². The standard InChI is InChI=1S/C14H20N2O4/c17-12(8-1-2-8)15-9-3-5-16(6-4-9)13(18)10-7-11(10)14(19)20/h8-11H,1-7H2,(H,15,17)(H,19,20)/t10-,11+/m1/s1. The maximum absolute atomic E-state index is 12.1. The number of carbonyl (C=O) groups excluding carboxylic acids is 2. The maximum atomic E-state index is 12.1. The van der Waals surface area contributed by atoms with E-state index < -0.39 is 11.9 Å². The largest absolute Gasteiger partial charge is 0.481 e. The molecule has 6 heteroatoms. The molecule has 2 N–H and O–H groups in total. The van der Waals surface area contributed by atoms with Gasteiger partial charge in [-0.05, 0) is 32.1 Å². The molecular formula is C14H20N2O4. The van der Waals surface area contributed by atoms with Crippen LogP contribution in [-0.4, -0.2) is 46.9 Å². The van der Waals surface area contributed by atoms with Crippen molar-refractivity contribution in [1.82, 2.24) is 10.2 Å². The lowest BCUT2D eigenvalue weighted by Crippen LogP contribution is -2.47. The number of carboxylic acid groups (broad SMARTS) is 1. The zero-order valence-electron chi connectivity index (χ0n) is 11.4. The molecule has 0 spiro atoms. The lowest BCUT2D eigenvalue weighted by Gasteiger charge is -2.32. The molecule has 0 bridgehead atoms. The molecule has 2 aliphatic carbocycles. The Bertz CT molecular complexity index is 438. The van der Waals surface area contributed by atoms with E-state index in [0.29, 0.717) is 19.5 Å². The highest BCUT2D eigenvalue weighted by atomic mass is 16.4. The molecule has 20 heavy (non-hydrogen) atoms. The molecule has 2 saturated carbocycles. The highest BCUT2D eigenvalue weighted by Crippen LogP contribution is 2.40. The molecule has 3 aliphatic rings. The van der Waals surface area contributed by atoms with Crippen molar-refractivity contribution >= 4 is 17.8 Å². The number of carbonyl (C=O) groups is 3. The fourth-order valence-electron chi connectivity index (χ4n) is 2.88. The molecule has 2 atom stereocenters. The minimum Gasteiger partial charge on any atom is -0.481 e. The van der Waals surface area contributed by atoms with Crippen molar-refractivity contribution < 1.29 is 19.5 Å². The number of amides is 2. The Hall–Kier alpha value is -1.59. The molecule has 1 aliphatic heterocycles. The number of nitrogens with zero attached hydrogens (tertiary/aromatic N) is 1. The van der Waals surface area contributed by atoms with Crippen molar-refractivity contribution in [2.75, 3.05) is 13.1 Å². The van der Waals surface area contributed by atoms with E-state index in [9.17, 15) is 14.4 Å². The van der Waals surface area contributed by atoms with Gasteiger partial charge >= 0.3 is 5.97 Å². The lowest BCUT2D eigenvalue weighted by atomic mass is 10.0. The van der Waals surface area contributed by atoms with E-state index in [1.54, 1.807) is 4.90 Å². The van der Waals surface area contributed by atoms with Crippen molar-refractivity contribution in [3.05, 3.63) is 0 Å². The molecule has 0 radical (unpaired) electrons. The number of hydrogen-bond donors (Lipinski definition) is 2. The second-order valence-corrected chi connectivity index (χ2v) is 6.17. The third-order valence-corrected chi connectivity index (χ3v) is 4.53. The first-order valence-electron chi connectivity index (χ1n) is 7.38. The molecule has 0 unspecified atom stereocenters. The van der Waals surface area contributed by atoms with Gasteiger partial charge in [-0.2, -0.15) is 0 Å². The van der Waals surface area contributed by atoms with Gasteiger partial charge in [0.2, 0.25) is 11.8 Å². The quantitative estimate of drug-likeness (QED) is 0.771. The van der Waals surface area contributed by atoms with Crippen molar-refractivity contribution in [3.8, 4) is 0 Å². The summed E-state index contributed by atoms with van der Waals surface area (Å²) in [6.45, 7) is 1.24. The topological polar surface area (TPSA) is 86.7 Å². The first kappa shape index (κ1) is 13.4. The summed E-state index contributed by atoms with van der Waals surface area (Å²) in [5.41, 5.74) is 0. The van der Waals surface area contributed by atoms with Gasteiger partial charge in [0.05, 0.1) is 11.8 Å². The molecule has 3 fully saturated rings. The van der Waals surface area contributed by atoms with Crippen LogP contribution in [0.1, 0.15) is 32.1 Å². The summed E-state index contributed by atoms with van der Waals surface area (Å²) >= 11 is 0. The van der Waals surface area contributed by atoms with E-state index in [4.69, 9.17) is 5.11 Å². The molecule has 1 saturated heterocycles. The van der Waals surface area contributed by atoms with Gasteiger partial charge in [-0.15, -0.1) is 0 Å². The summed E-state index contributed by atoms with van der Waals surface area (Å²) in [5, 5.41) is 11.9. The van der Waals surface area contributed by atoms with Gasteiger partial charge in [0.1, 0.15) is 0 Å². The Morgan fingerprint density at radius 2 is 1.65 bits per heavy atom. The average molecular weight is 280 g/mol. The molecule has 6 nitrogen and oxygen atoms in total. The van der Waals surface area contributed by atoms with Crippen LogP contribution in [0.4, 0.5) is 0 Å². The fraction of sp³-hybridized carbons (Fsp3) is 0.786. The van der Waals surface area contributed by atoms with Crippen LogP contribution in [0.5, 0.6) is 0 Å². The Morgan fingerprint density at radius 3 is 2.15 bits per heavy atom. The van der Waals surface area contributed by atoms with Gasteiger partial charge in [-0.1, -0.05) is 0 Å². The Labute approximate surface area is 117 Å². The molecule has 0 aromatic carbocycles. The number of likely N-dealkylation sites (tertiary alicyclic amines) is 1. The number of aliphatic carboxylic acids is 1. The SMILES string of the molecule is O=C(NC1CCN(C(=O)[C@@H]2C[C@@H]2C(=O)O)CC1)C1CC1. The summed E-state index contributed by atoms with van der Waals surface area (Å²) in [6.07, 6.45) is 4.03. The van der Waals surface area contributed by atoms with E-state index >= 15 is 0 Å². The number of hydrogen-bond acceptors (Lipinski definition) is 3. The molecule has 2 amide bonds. The van der Waals surface area contributed by atoms with Crippen LogP contribution in [0.25, 0.3) is 0 Å². The Balaban J connectivity index is 1.43. The number of nitrogens with one attached hydrogen (secondary N) is 1. The summed E-state index contributed by atoms with van der Waals surface area (Å²) in [6, 6.07) is 0.168.